The molecule has 7 nitrogen and oxygen atoms in total. The van der Waals surface area contributed by atoms with Gasteiger partial charge < -0.3 is 10.2 Å². The first-order chi connectivity index (χ1) is 16.6. The number of halogens is 1. The number of sulfonamides is 1. The van der Waals surface area contributed by atoms with Crippen molar-refractivity contribution in [1.29, 1.82) is 0 Å². The number of nitrogens with one attached hydrogen (secondary N) is 1. The summed E-state index contributed by atoms with van der Waals surface area (Å²) >= 11 is 0. The summed E-state index contributed by atoms with van der Waals surface area (Å²) in [5.74, 6) is -0.609. The Kier molecular flexibility index (Phi) is 10.9. The molecule has 0 radical (unpaired) electrons. The molecule has 0 saturated carbocycles. The van der Waals surface area contributed by atoms with E-state index in [2.05, 4.69) is 5.32 Å². The molecule has 1 N–H and O–H groups in total. The van der Waals surface area contributed by atoms with E-state index in [0.717, 1.165) is 0 Å². The molecule has 0 unspecified atom stereocenters. The summed E-state index contributed by atoms with van der Waals surface area (Å²) < 4.78 is 40.1. The maximum Gasteiger partial charge on any atom is 0.242 e. The number of hydrogen-bond acceptors (Lipinski definition) is 4. The van der Waals surface area contributed by atoms with E-state index >= 15 is 0 Å². The minimum absolute atomic E-state index is 0.0732. The van der Waals surface area contributed by atoms with Gasteiger partial charge in [-0.25, -0.2) is 17.1 Å². The molecule has 0 saturated heterocycles. The van der Waals surface area contributed by atoms with Gasteiger partial charge in [0, 0.05) is 33.1 Å². The second kappa shape index (κ2) is 13.3. The van der Waals surface area contributed by atoms with Crippen molar-refractivity contribution in [3.8, 4) is 0 Å². The Bertz CT molecular complexity index is 1060. The Morgan fingerprint density at radius 1 is 1.03 bits per heavy atom. The quantitative estimate of drug-likeness (QED) is 0.449. The predicted molar refractivity (Wildman–Crippen MR) is 134 cm³/mol. The lowest BCUT2D eigenvalue weighted by Gasteiger charge is -2.31. The van der Waals surface area contributed by atoms with Crippen molar-refractivity contribution < 1.29 is 22.4 Å². The summed E-state index contributed by atoms with van der Waals surface area (Å²) in [5, 5.41) is 2.90. The van der Waals surface area contributed by atoms with Gasteiger partial charge in [-0.2, -0.15) is 0 Å². The van der Waals surface area contributed by atoms with Crippen LogP contribution in [0, 0.1) is 11.7 Å². The van der Waals surface area contributed by atoms with Gasteiger partial charge in [0.25, 0.3) is 0 Å². The Hall–Kier alpha value is -2.78. The summed E-state index contributed by atoms with van der Waals surface area (Å²) in [6, 6.07) is 13.3. The second-order valence-corrected chi connectivity index (χ2v) is 11.0. The predicted octanol–water partition coefficient (Wildman–Crippen LogP) is 3.81. The molecule has 0 aromatic heterocycles. The van der Waals surface area contributed by atoms with E-state index in [4.69, 9.17) is 0 Å². The van der Waals surface area contributed by atoms with Gasteiger partial charge in [-0.1, -0.05) is 51.1 Å². The third-order valence-corrected chi connectivity index (χ3v) is 7.52. The first-order valence-corrected chi connectivity index (χ1v) is 13.3. The lowest BCUT2D eigenvalue weighted by molar-refractivity contribution is -0.141. The zero-order valence-corrected chi connectivity index (χ0v) is 21.7. The van der Waals surface area contributed by atoms with Crippen LogP contribution in [0.5, 0.6) is 0 Å². The Labute approximate surface area is 208 Å². The molecule has 2 aromatic rings. The van der Waals surface area contributed by atoms with Crippen LogP contribution in [0.2, 0.25) is 0 Å². The van der Waals surface area contributed by atoms with Crippen molar-refractivity contribution in [3.63, 3.8) is 0 Å². The second-order valence-electron chi connectivity index (χ2n) is 8.95. The number of rotatable bonds is 13. The first-order valence-electron chi connectivity index (χ1n) is 11.9. The molecule has 0 aliphatic rings. The summed E-state index contributed by atoms with van der Waals surface area (Å²) in [7, 11) is -2.17. The van der Waals surface area contributed by atoms with Crippen LogP contribution in [0.4, 0.5) is 4.39 Å². The Morgan fingerprint density at radius 3 is 2.23 bits per heavy atom. The van der Waals surface area contributed by atoms with E-state index < -0.39 is 16.1 Å². The molecule has 0 aliphatic heterocycles. The van der Waals surface area contributed by atoms with E-state index in [1.807, 2.05) is 20.8 Å². The van der Waals surface area contributed by atoms with Crippen LogP contribution in [0.3, 0.4) is 0 Å². The summed E-state index contributed by atoms with van der Waals surface area (Å²) in [5.41, 5.74) is 0.707. The van der Waals surface area contributed by atoms with Crippen molar-refractivity contribution >= 4 is 21.8 Å². The van der Waals surface area contributed by atoms with E-state index in [9.17, 15) is 22.4 Å². The van der Waals surface area contributed by atoms with Crippen LogP contribution >= 0.6 is 0 Å². The van der Waals surface area contributed by atoms with Crippen LogP contribution in [-0.2, 0) is 26.2 Å². The van der Waals surface area contributed by atoms with Crippen LogP contribution in [0.15, 0.2) is 59.5 Å². The molecule has 0 heterocycles. The van der Waals surface area contributed by atoms with Crippen LogP contribution in [0.25, 0.3) is 0 Å². The molecule has 1 atom stereocenters. The topological polar surface area (TPSA) is 86.8 Å². The van der Waals surface area contributed by atoms with Crippen molar-refractivity contribution in [2.45, 2.75) is 57.5 Å². The number of benzene rings is 2. The maximum atomic E-state index is 13.4. The fourth-order valence-corrected chi connectivity index (χ4v) is 4.85. The molecule has 0 fully saturated rings. The normalized spacial score (nSPS) is 12.5. The third kappa shape index (κ3) is 8.43. The molecule has 2 amide bonds. The van der Waals surface area contributed by atoms with Gasteiger partial charge in [0.15, 0.2) is 0 Å². The largest absolute Gasteiger partial charge is 0.354 e. The highest BCUT2D eigenvalue weighted by Crippen LogP contribution is 2.17. The van der Waals surface area contributed by atoms with E-state index in [1.165, 1.54) is 40.5 Å². The van der Waals surface area contributed by atoms with Gasteiger partial charge in [-0.15, -0.1) is 0 Å². The van der Waals surface area contributed by atoms with Gasteiger partial charge in [-0.05, 0) is 48.6 Å². The maximum absolute atomic E-state index is 13.4. The highest BCUT2D eigenvalue weighted by atomic mass is 32.2. The smallest absolute Gasteiger partial charge is 0.242 e. The summed E-state index contributed by atoms with van der Waals surface area (Å²) in [4.78, 5) is 27.9. The average molecular weight is 506 g/mol. The van der Waals surface area contributed by atoms with Crippen LogP contribution < -0.4 is 5.32 Å². The number of nitrogens with zero attached hydrogens (tertiary/aromatic N) is 2. The van der Waals surface area contributed by atoms with E-state index in [-0.39, 0.29) is 48.0 Å². The molecular formula is C26H36FN3O4S. The Morgan fingerprint density at radius 2 is 1.66 bits per heavy atom. The first kappa shape index (κ1) is 28.5. The Balaban J connectivity index is 2.11. The van der Waals surface area contributed by atoms with E-state index in [0.29, 0.717) is 24.9 Å². The lowest BCUT2D eigenvalue weighted by Crippen LogP contribution is -2.49. The number of amides is 2. The van der Waals surface area contributed by atoms with Gasteiger partial charge in [0.05, 0.1) is 4.90 Å². The molecule has 0 aliphatic carbocycles. The molecule has 0 bridgehead atoms. The lowest BCUT2D eigenvalue weighted by atomic mass is 10.1. The summed E-state index contributed by atoms with van der Waals surface area (Å²) in [6.45, 7) is 6.63. The van der Waals surface area contributed by atoms with Crippen molar-refractivity contribution in [2.24, 2.45) is 5.92 Å². The van der Waals surface area contributed by atoms with Crippen molar-refractivity contribution in [2.75, 3.05) is 20.1 Å². The molecule has 2 rings (SSSR count). The SMILES string of the molecule is CC[C@@H](C(=O)NCC(C)C)N(Cc1ccc(F)cc1)C(=O)CCCN(C)S(=O)(=O)c1ccccc1. The standard InChI is InChI=1S/C26H36FN3O4S/c1-5-24(26(32)28-18-20(2)3)30(19-21-13-15-22(27)16-14-21)25(31)12-9-17-29(4)35(33,34)23-10-7-6-8-11-23/h6-8,10-11,13-16,20,24H,5,9,12,17-19H2,1-4H3,(H,28,32)/t24-/m0/s1. The number of hydrogen-bond donors (Lipinski definition) is 1. The zero-order valence-electron chi connectivity index (χ0n) is 20.9. The highest BCUT2D eigenvalue weighted by molar-refractivity contribution is 7.89. The fraction of sp³-hybridized carbons (Fsp3) is 0.462. The van der Waals surface area contributed by atoms with Crippen LogP contribution in [0.1, 0.15) is 45.6 Å². The number of carbonyl (C=O) groups is 2. The van der Waals surface area contributed by atoms with Gasteiger partial charge in [0.1, 0.15) is 11.9 Å². The van der Waals surface area contributed by atoms with Gasteiger partial charge >= 0.3 is 0 Å². The number of carbonyl (C=O) groups excluding carboxylic acids is 2. The van der Waals surface area contributed by atoms with E-state index in [1.54, 1.807) is 30.3 Å². The highest BCUT2D eigenvalue weighted by Gasteiger charge is 2.29. The molecule has 2 aromatic carbocycles. The monoisotopic (exact) mass is 505 g/mol. The summed E-state index contributed by atoms with van der Waals surface area (Å²) in [6.07, 6.45) is 0.786. The van der Waals surface area contributed by atoms with Gasteiger partial charge in [0.2, 0.25) is 21.8 Å². The van der Waals surface area contributed by atoms with Crippen molar-refractivity contribution in [3.05, 3.63) is 66.0 Å². The minimum atomic E-state index is -3.65. The van der Waals surface area contributed by atoms with Gasteiger partial charge in [-0.3, -0.25) is 9.59 Å². The molecule has 35 heavy (non-hydrogen) atoms. The average Bonchev–Trinajstić information content (AvgIpc) is 2.84. The minimum Gasteiger partial charge on any atom is -0.354 e. The third-order valence-electron chi connectivity index (χ3n) is 5.65. The van der Waals surface area contributed by atoms with Crippen LogP contribution in [-0.4, -0.2) is 55.6 Å². The molecule has 0 spiro atoms. The molecular weight excluding hydrogens is 469 g/mol. The van der Waals surface area contributed by atoms with Crippen molar-refractivity contribution in [1.82, 2.24) is 14.5 Å². The molecule has 9 heteroatoms. The fourth-order valence-electron chi connectivity index (χ4n) is 3.62. The molecule has 192 valence electrons. The zero-order chi connectivity index (χ0) is 26.0.